The maximum atomic E-state index is 14.2. The fraction of sp³-hybridized carbons (Fsp3) is 0.324. The first-order chi connectivity index (χ1) is 19.8. The van der Waals surface area contributed by atoms with Crippen molar-refractivity contribution in [2.75, 3.05) is 13.7 Å². The predicted octanol–water partition coefficient (Wildman–Crippen LogP) is 5.79. The number of carbonyl (C=O) groups excluding carboxylic acids is 2. The van der Waals surface area contributed by atoms with Crippen molar-refractivity contribution >= 4 is 17.5 Å². The van der Waals surface area contributed by atoms with Crippen LogP contribution in [-0.2, 0) is 14.3 Å². The summed E-state index contributed by atoms with van der Waals surface area (Å²) in [5, 5.41) is 6.80. The highest BCUT2D eigenvalue weighted by atomic mass is 16.5. The average Bonchev–Trinajstić information content (AvgIpc) is 3.44. The van der Waals surface area contributed by atoms with Crippen molar-refractivity contribution in [1.82, 2.24) is 10.6 Å². The number of carbonyl (C=O) groups is 2. The summed E-state index contributed by atoms with van der Waals surface area (Å²) in [6.45, 7) is 9.45. The van der Waals surface area contributed by atoms with Crippen LogP contribution in [0.25, 0.3) is 0 Å². The van der Waals surface area contributed by atoms with E-state index < -0.39 is 11.4 Å². The lowest BCUT2D eigenvalue weighted by Gasteiger charge is -2.48. The number of nitrogens with one attached hydrogen (secondary N) is 2. The average molecular weight is 552 g/mol. The van der Waals surface area contributed by atoms with E-state index in [0.717, 1.165) is 22.7 Å². The zero-order valence-corrected chi connectivity index (χ0v) is 24.1. The van der Waals surface area contributed by atoms with Crippen molar-refractivity contribution in [3.05, 3.63) is 114 Å². The van der Waals surface area contributed by atoms with E-state index in [4.69, 9.17) is 9.47 Å². The Morgan fingerprint density at radius 3 is 2.80 bits per heavy atom. The molecule has 0 radical (unpaired) electrons. The lowest BCUT2D eigenvalue weighted by atomic mass is 9.56. The molecule has 0 saturated heterocycles. The summed E-state index contributed by atoms with van der Waals surface area (Å²) in [5.74, 6) is 0.103. The summed E-state index contributed by atoms with van der Waals surface area (Å²) >= 11 is 0. The molecule has 4 atom stereocenters. The van der Waals surface area contributed by atoms with Gasteiger partial charge in [0.25, 0.3) is 0 Å². The highest BCUT2D eigenvalue weighted by molar-refractivity contribution is 6.05. The highest BCUT2D eigenvalue weighted by Crippen LogP contribution is 2.56. The molecule has 5 rings (SSSR count). The number of hydrogen-bond donors (Lipinski definition) is 2. The van der Waals surface area contributed by atoms with Crippen LogP contribution in [0.4, 0.5) is 0 Å². The number of hydrogen-bond acceptors (Lipinski definition) is 7. The number of para-hydroxylation sites is 1. The molecule has 0 aromatic heterocycles. The number of ketones is 1. The number of Topliss-reactive ketones (excluding diaryl/α,β-unsaturated/α-hetero) is 1. The van der Waals surface area contributed by atoms with E-state index in [9.17, 15) is 9.59 Å². The van der Waals surface area contributed by atoms with Gasteiger partial charge in [-0.3, -0.25) is 9.79 Å². The Kier molecular flexibility index (Phi) is 7.97. The Balaban J connectivity index is 1.58. The van der Waals surface area contributed by atoms with Gasteiger partial charge < -0.3 is 20.1 Å². The lowest BCUT2D eigenvalue weighted by Crippen LogP contribution is -2.48. The van der Waals surface area contributed by atoms with E-state index in [1.165, 1.54) is 6.20 Å². The van der Waals surface area contributed by atoms with Crippen molar-refractivity contribution in [2.24, 2.45) is 22.2 Å². The minimum Gasteiger partial charge on any atom is -0.496 e. The van der Waals surface area contributed by atoms with Crippen molar-refractivity contribution in [3.63, 3.8) is 0 Å². The molecule has 2 aliphatic heterocycles. The van der Waals surface area contributed by atoms with Crippen molar-refractivity contribution in [2.45, 2.75) is 39.5 Å². The summed E-state index contributed by atoms with van der Waals surface area (Å²) in [7, 11) is 1.65. The molecule has 0 fully saturated rings. The third kappa shape index (κ3) is 5.01. The Bertz CT molecular complexity index is 1490. The summed E-state index contributed by atoms with van der Waals surface area (Å²) in [5.41, 5.74) is 4.38. The number of fused-ring (bicyclic) bond motifs is 1. The summed E-state index contributed by atoms with van der Waals surface area (Å²) in [4.78, 5) is 32.4. The fourth-order valence-corrected chi connectivity index (χ4v) is 6.88. The zero-order chi connectivity index (χ0) is 29.1. The molecule has 2 N–H and O–H groups in total. The normalized spacial score (nSPS) is 27.2. The highest BCUT2D eigenvalue weighted by Gasteiger charge is 2.54. The lowest BCUT2D eigenvalue weighted by molar-refractivity contribution is -0.139. The van der Waals surface area contributed by atoms with Crippen LogP contribution in [0, 0.1) is 17.3 Å². The number of benzene rings is 1. The molecule has 0 spiro atoms. The molecule has 4 aliphatic rings. The number of rotatable bonds is 8. The SMILES string of the molecule is C=CN=C(/C=C\C)COC(=O)C1=C(C)NC2=C(C(=O)C[C@H](c3ccccc3OC)C2)[C@@]1(C)[C@@H]1C=CC=C2NC=CC21. The molecule has 0 amide bonds. The van der Waals surface area contributed by atoms with E-state index in [0.29, 0.717) is 35.4 Å². The number of esters is 1. The number of methoxy groups -OCH3 is 1. The molecule has 0 saturated carbocycles. The first-order valence-corrected chi connectivity index (χ1v) is 14.0. The maximum Gasteiger partial charge on any atom is 0.337 e. The molecule has 2 heterocycles. The minimum absolute atomic E-state index is 0.00563. The molecular weight excluding hydrogens is 514 g/mol. The molecule has 212 valence electrons. The summed E-state index contributed by atoms with van der Waals surface area (Å²) < 4.78 is 11.5. The molecule has 1 unspecified atom stereocenters. The molecule has 7 nitrogen and oxygen atoms in total. The van der Waals surface area contributed by atoms with Gasteiger partial charge in [0.2, 0.25) is 0 Å². The van der Waals surface area contributed by atoms with Crippen molar-refractivity contribution in [3.8, 4) is 5.75 Å². The Morgan fingerprint density at radius 1 is 1.24 bits per heavy atom. The van der Waals surface area contributed by atoms with Gasteiger partial charge in [-0.25, -0.2) is 4.79 Å². The van der Waals surface area contributed by atoms with Gasteiger partial charge in [0, 0.05) is 58.5 Å². The van der Waals surface area contributed by atoms with Crippen LogP contribution in [0.3, 0.4) is 0 Å². The molecule has 41 heavy (non-hydrogen) atoms. The van der Waals surface area contributed by atoms with Gasteiger partial charge >= 0.3 is 5.97 Å². The van der Waals surface area contributed by atoms with Gasteiger partial charge in [0.15, 0.2) is 5.78 Å². The van der Waals surface area contributed by atoms with Crippen LogP contribution < -0.4 is 15.4 Å². The van der Waals surface area contributed by atoms with Gasteiger partial charge in [0.05, 0.1) is 18.4 Å². The Morgan fingerprint density at radius 2 is 2.05 bits per heavy atom. The largest absolute Gasteiger partial charge is 0.496 e. The maximum absolute atomic E-state index is 14.2. The topological polar surface area (TPSA) is 89.0 Å². The van der Waals surface area contributed by atoms with Gasteiger partial charge in [-0.15, -0.1) is 0 Å². The van der Waals surface area contributed by atoms with E-state index in [-0.39, 0.29) is 30.1 Å². The molecule has 1 aromatic carbocycles. The van der Waals surface area contributed by atoms with Gasteiger partial charge in [-0.2, -0.15) is 0 Å². The van der Waals surface area contributed by atoms with Crippen LogP contribution in [0.1, 0.15) is 45.1 Å². The standard InChI is InChI=1S/C34H37N3O4/c1-6-11-23(35-7-2)20-41-33(39)31-21(3)37-28-18-22(24-12-8-9-15-30(24)40-5)19-29(38)32(28)34(31,4)26-13-10-14-27-25(26)16-17-36-27/h6-17,22,25-26,36-37H,2,18-20H2,1,3-5H3/b11-6-,35-23?/t22-,25?,26-,34+/m1/s1. The monoisotopic (exact) mass is 551 g/mol. The van der Waals surface area contributed by atoms with E-state index in [1.54, 1.807) is 13.2 Å². The van der Waals surface area contributed by atoms with Crippen LogP contribution in [0.15, 0.2) is 113 Å². The predicted molar refractivity (Wildman–Crippen MR) is 161 cm³/mol. The van der Waals surface area contributed by atoms with E-state index in [1.807, 2.05) is 69.5 Å². The van der Waals surface area contributed by atoms with Crippen LogP contribution in [0.5, 0.6) is 5.75 Å². The van der Waals surface area contributed by atoms with Gasteiger partial charge in [0.1, 0.15) is 12.4 Å². The minimum atomic E-state index is -0.933. The number of nitrogens with zero attached hydrogens (tertiary/aromatic N) is 1. The second kappa shape index (κ2) is 11.6. The molecule has 2 aliphatic carbocycles. The zero-order valence-electron chi connectivity index (χ0n) is 24.1. The Labute approximate surface area is 241 Å². The van der Waals surface area contributed by atoms with Crippen LogP contribution in [-0.4, -0.2) is 31.2 Å². The van der Waals surface area contributed by atoms with Gasteiger partial charge in [-0.1, -0.05) is 56.0 Å². The second-order valence-corrected chi connectivity index (χ2v) is 10.9. The first kappa shape index (κ1) is 28.1. The van der Waals surface area contributed by atoms with Crippen molar-refractivity contribution in [1.29, 1.82) is 0 Å². The van der Waals surface area contributed by atoms with E-state index in [2.05, 4.69) is 34.4 Å². The number of aliphatic imine (C=N–C) groups is 1. The summed E-state index contributed by atoms with van der Waals surface area (Å²) in [6.07, 6.45) is 16.2. The number of ether oxygens (including phenoxy) is 2. The van der Waals surface area contributed by atoms with Gasteiger partial charge in [-0.05, 0) is 50.3 Å². The molecule has 1 aromatic rings. The smallest absolute Gasteiger partial charge is 0.337 e. The molecule has 7 heteroatoms. The molecular formula is C34H37N3O4. The van der Waals surface area contributed by atoms with Crippen LogP contribution in [0.2, 0.25) is 0 Å². The third-order valence-corrected chi connectivity index (χ3v) is 8.53. The number of dihydropyridines is 1. The first-order valence-electron chi connectivity index (χ1n) is 14.0. The fourth-order valence-electron chi connectivity index (χ4n) is 6.88. The number of allylic oxidation sites excluding steroid dienone is 8. The molecule has 0 bridgehead atoms. The summed E-state index contributed by atoms with van der Waals surface area (Å²) in [6, 6.07) is 7.86. The van der Waals surface area contributed by atoms with Crippen LogP contribution >= 0.6 is 0 Å². The van der Waals surface area contributed by atoms with E-state index >= 15 is 0 Å². The quantitative estimate of drug-likeness (QED) is 0.314. The third-order valence-electron chi connectivity index (χ3n) is 8.53. The Hall–Kier alpha value is -4.39. The second-order valence-electron chi connectivity index (χ2n) is 10.9. The van der Waals surface area contributed by atoms with Crippen molar-refractivity contribution < 1.29 is 19.1 Å².